The molecule has 1 aromatic heterocycles. The number of amides is 1. The van der Waals surface area contributed by atoms with E-state index in [1.54, 1.807) is 13.1 Å². The van der Waals surface area contributed by atoms with Crippen molar-refractivity contribution in [3.05, 3.63) is 29.8 Å². The number of carbonyl (C=O) groups excluding carboxylic acids is 1. The molecule has 130 valence electrons. The van der Waals surface area contributed by atoms with Crippen molar-refractivity contribution in [2.45, 2.75) is 31.9 Å². The molecule has 6 nitrogen and oxygen atoms in total. The van der Waals surface area contributed by atoms with Crippen molar-refractivity contribution in [2.75, 3.05) is 26.9 Å². The monoisotopic (exact) mass is 335 g/mol. The minimum absolute atomic E-state index is 0.0191. The molecular weight excluding hydrogens is 313 g/mol. The number of H-pyrrole nitrogens is 1. The van der Waals surface area contributed by atoms with E-state index in [9.17, 15) is 9.18 Å². The summed E-state index contributed by atoms with van der Waals surface area (Å²) in [4.78, 5) is 21.0. The van der Waals surface area contributed by atoms with Gasteiger partial charge in [-0.3, -0.25) is 4.79 Å². The van der Waals surface area contributed by atoms with Crippen LogP contribution >= 0.6 is 0 Å². The Bertz CT molecular complexity index is 697. The number of fused-ring (bicyclic) bond motifs is 1. The van der Waals surface area contributed by atoms with Crippen LogP contribution in [0.15, 0.2) is 18.2 Å². The Morgan fingerprint density at radius 2 is 2.38 bits per heavy atom. The summed E-state index contributed by atoms with van der Waals surface area (Å²) in [5, 5.41) is 0. The molecule has 1 fully saturated rings. The molecule has 1 N–H and O–H groups in total. The lowest BCUT2D eigenvalue weighted by molar-refractivity contribution is -0.137. The summed E-state index contributed by atoms with van der Waals surface area (Å²) < 4.78 is 24.2. The molecule has 1 amide bonds. The highest BCUT2D eigenvalue weighted by Gasteiger charge is 2.16. The molecule has 2 heterocycles. The normalized spacial score (nSPS) is 18.0. The van der Waals surface area contributed by atoms with E-state index in [-0.39, 0.29) is 24.4 Å². The van der Waals surface area contributed by atoms with Gasteiger partial charge in [0.05, 0.1) is 30.3 Å². The summed E-state index contributed by atoms with van der Waals surface area (Å²) in [6.45, 7) is 1.56. The quantitative estimate of drug-likeness (QED) is 0.879. The average molecular weight is 335 g/mol. The number of rotatable bonds is 6. The lowest BCUT2D eigenvalue weighted by atomic mass is 10.1. The lowest BCUT2D eigenvalue weighted by Gasteiger charge is -2.22. The molecule has 0 bridgehead atoms. The van der Waals surface area contributed by atoms with E-state index >= 15 is 0 Å². The number of nitrogens with one attached hydrogen (secondary N) is 1. The fourth-order valence-corrected chi connectivity index (χ4v) is 2.75. The van der Waals surface area contributed by atoms with Crippen LogP contribution in [-0.2, 0) is 20.8 Å². The fraction of sp³-hybridized carbons (Fsp3) is 0.529. The van der Waals surface area contributed by atoms with E-state index < -0.39 is 0 Å². The van der Waals surface area contributed by atoms with Gasteiger partial charge in [-0.1, -0.05) is 0 Å². The summed E-state index contributed by atoms with van der Waals surface area (Å²) >= 11 is 0. The van der Waals surface area contributed by atoms with Gasteiger partial charge in [-0.05, 0) is 37.5 Å². The number of ether oxygens (including phenoxy) is 2. The van der Waals surface area contributed by atoms with Crippen LogP contribution in [0.3, 0.4) is 0 Å². The van der Waals surface area contributed by atoms with E-state index in [1.165, 1.54) is 17.0 Å². The van der Waals surface area contributed by atoms with Gasteiger partial charge < -0.3 is 19.4 Å². The van der Waals surface area contributed by atoms with E-state index in [4.69, 9.17) is 9.47 Å². The smallest absolute Gasteiger partial charge is 0.248 e. The molecule has 0 radical (unpaired) electrons. The van der Waals surface area contributed by atoms with Crippen molar-refractivity contribution in [1.82, 2.24) is 14.9 Å². The highest BCUT2D eigenvalue weighted by Crippen LogP contribution is 2.14. The van der Waals surface area contributed by atoms with Crippen LogP contribution < -0.4 is 0 Å². The van der Waals surface area contributed by atoms with Crippen molar-refractivity contribution in [3.63, 3.8) is 0 Å². The van der Waals surface area contributed by atoms with Crippen molar-refractivity contribution >= 4 is 16.9 Å². The van der Waals surface area contributed by atoms with Gasteiger partial charge in [0.1, 0.15) is 18.2 Å². The van der Waals surface area contributed by atoms with Gasteiger partial charge in [-0.2, -0.15) is 0 Å². The number of hydrogen-bond donors (Lipinski definition) is 1. The molecular formula is C17H22FN3O3. The predicted octanol–water partition coefficient (Wildman–Crippen LogP) is 2.25. The molecule has 0 aliphatic carbocycles. The third-order valence-electron chi connectivity index (χ3n) is 4.11. The van der Waals surface area contributed by atoms with Crippen LogP contribution in [0.5, 0.6) is 0 Å². The largest absolute Gasteiger partial charge is 0.376 e. The second-order valence-corrected chi connectivity index (χ2v) is 6.10. The number of imidazole rings is 1. The number of aromatic amines is 1. The Morgan fingerprint density at radius 3 is 3.17 bits per heavy atom. The Hall–Kier alpha value is -1.99. The molecule has 2 aromatic rings. The van der Waals surface area contributed by atoms with Crippen LogP contribution in [0.25, 0.3) is 11.0 Å². The molecule has 3 rings (SSSR count). The van der Waals surface area contributed by atoms with Crippen molar-refractivity contribution < 1.29 is 18.7 Å². The zero-order valence-corrected chi connectivity index (χ0v) is 13.8. The average Bonchev–Trinajstić information content (AvgIpc) is 2.97. The molecule has 1 aliphatic rings. The van der Waals surface area contributed by atoms with E-state index in [0.29, 0.717) is 30.0 Å². The third kappa shape index (κ3) is 4.30. The Kier molecular flexibility index (Phi) is 5.42. The summed E-state index contributed by atoms with van der Waals surface area (Å²) in [6, 6.07) is 4.36. The van der Waals surface area contributed by atoms with Gasteiger partial charge in [0.25, 0.3) is 0 Å². The molecule has 0 saturated carbocycles. The first-order valence-corrected chi connectivity index (χ1v) is 8.19. The van der Waals surface area contributed by atoms with Crippen molar-refractivity contribution in [1.29, 1.82) is 0 Å². The number of hydrogen-bond acceptors (Lipinski definition) is 4. The molecule has 0 unspecified atom stereocenters. The molecule has 24 heavy (non-hydrogen) atoms. The zero-order chi connectivity index (χ0) is 16.9. The van der Waals surface area contributed by atoms with Gasteiger partial charge in [0.15, 0.2) is 0 Å². The van der Waals surface area contributed by atoms with Gasteiger partial charge >= 0.3 is 0 Å². The number of halogens is 1. The predicted molar refractivity (Wildman–Crippen MR) is 86.9 cm³/mol. The van der Waals surface area contributed by atoms with E-state index in [1.807, 2.05) is 0 Å². The molecule has 1 atom stereocenters. The molecule has 0 spiro atoms. The van der Waals surface area contributed by atoms with Crippen LogP contribution in [-0.4, -0.2) is 53.7 Å². The first-order valence-electron chi connectivity index (χ1n) is 8.19. The lowest BCUT2D eigenvalue weighted by Crippen LogP contribution is -2.32. The fourth-order valence-electron chi connectivity index (χ4n) is 2.75. The zero-order valence-electron chi connectivity index (χ0n) is 13.8. The maximum absolute atomic E-state index is 13.2. The minimum Gasteiger partial charge on any atom is -0.376 e. The second kappa shape index (κ2) is 7.72. The SMILES string of the molecule is CN(Cc1nc2ccc(F)cc2[nH]1)C(=O)COC[C@@H]1CCCCO1. The Labute approximate surface area is 139 Å². The maximum Gasteiger partial charge on any atom is 0.248 e. The van der Waals surface area contributed by atoms with E-state index in [2.05, 4.69) is 9.97 Å². The van der Waals surface area contributed by atoms with E-state index in [0.717, 1.165) is 25.9 Å². The van der Waals surface area contributed by atoms with Crippen LogP contribution in [0.4, 0.5) is 4.39 Å². The molecule has 1 aromatic carbocycles. The van der Waals surface area contributed by atoms with Gasteiger partial charge in [-0.25, -0.2) is 9.37 Å². The summed E-state index contributed by atoms with van der Waals surface area (Å²) in [7, 11) is 1.69. The Morgan fingerprint density at radius 1 is 1.50 bits per heavy atom. The minimum atomic E-state index is -0.319. The van der Waals surface area contributed by atoms with Crippen molar-refractivity contribution in [2.24, 2.45) is 0 Å². The van der Waals surface area contributed by atoms with Gasteiger partial charge in [0, 0.05) is 13.7 Å². The molecule has 7 heteroatoms. The summed E-state index contributed by atoms with van der Waals surface area (Å²) in [5.74, 6) is 0.167. The number of benzene rings is 1. The summed E-state index contributed by atoms with van der Waals surface area (Å²) in [6.07, 6.45) is 3.33. The molecule has 1 saturated heterocycles. The number of aromatic nitrogens is 2. The highest BCUT2D eigenvalue weighted by molar-refractivity contribution is 5.77. The number of carbonyl (C=O) groups is 1. The maximum atomic E-state index is 13.2. The van der Waals surface area contributed by atoms with Crippen LogP contribution in [0.2, 0.25) is 0 Å². The summed E-state index contributed by atoms with van der Waals surface area (Å²) in [5.41, 5.74) is 1.30. The third-order valence-corrected chi connectivity index (χ3v) is 4.11. The standard InChI is InChI=1S/C17H22FN3O3/c1-21(17(22)11-23-10-13-4-2-3-7-24-13)9-16-19-14-6-5-12(18)8-15(14)20-16/h5-6,8,13H,2-4,7,9-11H2,1H3,(H,19,20)/t13-/m0/s1. The van der Waals surface area contributed by atoms with Crippen molar-refractivity contribution in [3.8, 4) is 0 Å². The number of nitrogens with zero attached hydrogens (tertiary/aromatic N) is 2. The topological polar surface area (TPSA) is 67.5 Å². The Balaban J connectivity index is 1.47. The molecule has 1 aliphatic heterocycles. The van der Waals surface area contributed by atoms with Gasteiger partial charge in [0.2, 0.25) is 5.91 Å². The highest BCUT2D eigenvalue weighted by atomic mass is 19.1. The van der Waals surface area contributed by atoms with Crippen LogP contribution in [0, 0.1) is 5.82 Å². The van der Waals surface area contributed by atoms with Crippen LogP contribution in [0.1, 0.15) is 25.1 Å². The number of likely N-dealkylation sites (N-methyl/N-ethyl adjacent to an activating group) is 1. The van der Waals surface area contributed by atoms with Gasteiger partial charge in [-0.15, -0.1) is 0 Å². The first kappa shape index (κ1) is 16.9. The first-order chi connectivity index (χ1) is 11.6. The second-order valence-electron chi connectivity index (χ2n) is 6.10.